The van der Waals surface area contributed by atoms with Crippen LogP contribution in [0.4, 0.5) is 0 Å². The first kappa shape index (κ1) is 11.2. The van der Waals surface area contributed by atoms with Crippen LogP contribution in [0, 0.1) is 5.92 Å². The monoisotopic (exact) mass is 235 g/mol. The van der Waals surface area contributed by atoms with Crippen LogP contribution in [0.25, 0.3) is 0 Å². The third-order valence-electron chi connectivity index (χ3n) is 3.39. The quantitative estimate of drug-likeness (QED) is 0.702. The molecule has 3 rings (SSSR count). The fraction of sp³-hybridized carbons (Fsp3) is 0.235. The summed E-state index contributed by atoms with van der Waals surface area (Å²) in [5, 5.41) is 0. The van der Waals surface area contributed by atoms with Gasteiger partial charge in [0.1, 0.15) is 0 Å². The SMILES string of the molecule is C(=NC(c1ccccc1)C1CC1)c1ccccc1. The fourth-order valence-corrected chi connectivity index (χ4v) is 2.25. The average Bonchev–Trinajstić information content (AvgIpc) is 3.26. The Balaban J connectivity index is 1.81. The Labute approximate surface area is 108 Å². The standard InChI is InChI=1S/C17H17N/c1-3-7-14(8-4-1)13-18-17(16-11-12-16)15-9-5-2-6-10-15/h1-10,13,16-17H,11-12H2. The third kappa shape index (κ3) is 2.67. The second-order valence-electron chi connectivity index (χ2n) is 4.88. The first-order valence-electron chi connectivity index (χ1n) is 6.56. The summed E-state index contributed by atoms with van der Waals surface area (Å²) in [7, 11) is 0. The third-order valence-corrected chi connectivity index (χ3v) is 3.39. The van der Waals surface area contributed by atoms with Crippen molar-refractivity contribution >= 4 is 6.21 Å². The predicted molar refractivity (Wildman–Crippen MR) is 75.9 cm³/mol. The molecule has 0 aliphatic heterocycles. The zero-order valence-electron chi connectivity index (χ0n) is 10.4. The van der Waals surface area contributed by atoms with E-state index in [1.54, 1.807) is 0 Å². The molecule has 0 N–H and O–H groups in total. The van der Waals surface area contributed by atoms with Crippen LogP contribution in [0.1, 0.15) is 30.0 Å². The van der Waals surface area contributed by atoms with Gasteiger partial charge in [-0.2, -0.15) is 0 Å². The molecule has 1 nitrogen and oxygen atoms in total. The lowest BCUT2D eigenvalue weighted by atomic mass is 10.0. The smallest absolute Gasteiger partial charge is 0.0777 e. The van der Waals surface area contributed by atoms with Crippen LogP contribution in [0.3, 0.4) is 0 Å². The Morgan fingerprint density at radius 1 is 0.889 bits per heavy atom. The molecule has 18 heavy (non-hydrogen) atoms. The van der Waals surface area contributed by atoms with E-state index in [9.17, 15) is 0 Å². The van der Waals surface area contributed by atoms with Crippen molar-refractivity contribution in [3.05, 3.63) is 71.8 Å². The van der Waals surface area contributed by atoms with Gasteiger partial charge in [-0.3, -0.25) is 4.99 Å². The van der Waals surface area contributed by atoms with E-state index in [-0.39, 0.29) is 0 Å². The van der Waals surface area contributed by atoms with Crippen molar-refractivity contribution < 1.29 is 0 Å². The molecule has 0 radical (unpaired) electrons. The highest BCUT2D eigenvalue weighted by molar-refractivity contribution is 5.79. The topological polar surface area (TPSA) is 12.4 Å². The molecule has 0 spiro atoms. The van der Waals surface area contributed by atoms with E-state index in [1.807, 2.05) is 12.3 Å². The molecule has 1 unspecified atom stereocenters. The van der Waals surface area contributed by atoms with E-state index in [2.05, 4.69) is 54.6 Å². The van der Waals surface area contributed by atoms with Gasteiger partial charge in [0, 0.05) is 6.21 Å². The van der Waals surface area contributed by atoms with Crippen molar-refractivity contribution in [2.45, 2.75) is 18.9 Å². The predicted octanol–water partition coefficient (Wildman–Crippen LogP) is 4.26. The molecule has 0 bridgehead atoms. The summed E-state index contributed by atoms with van der Waals surface area (Å²) in [6.07, 6.45) is 4.63. The molecule has 2 aromatic carbocycles. The summed E-state index contributed by atoms with van der Waals surface area (Å²) in [4.78, 5) is 4.80. The maximum absolute atomic E-state index is 4.80. The zero-order chi connectivity index (χ0) is 12.2. The van der Waals surface area contributed by atoms with Gasteiger partial charge in [0.2, 0.25) is 0 Å². The molecule has 1 saturated carbocycles. The van der Waals surface area contributed by atoms with Gasteiger partial charge in [0.15, 0.2) is 0 Å². The van der Waals surface area contributed by atoms with Gasteiger partial charge in [0.25, 0.3) is 0 Å². The minimum atomic E-state index is 0.339. The molecule has 0 saturated heterocycles. The second kappa shape index (κ2) is 5.18. The van der Waals surface area contributed by atoms with Crippen molar-refractivity contribution in [3.8, 4) is 0 Å². The Hall–Kier alpha value is -1.89. The van der Waals surface area contributed by atoms with Crippen molar-refractivity contribution in [2.24, 2.45) is 10.9 Å². The molecular weight excluding hydrogens is 218 g/mol. The van der Waals surface area contributed by atoms with Crippen LogP contribution in [0.5, 0.6) is 0 Å². The fourth-order valence-electron chi connectivity index (χ4n) is 2.25. The van der Waals surface area contributed by atoms with Crippen LogP contribution in [0.2, 0.25) is 0 Å². The molecule has 1 heteroatoms. The normalized spacial score (nSPS) is 16.9. The van der Waals surface area contributed by atoms with E-state index in [1.165, 1.54) is 24.0 Å². The minimum Gasteiger partial charge on any atom is -0.284 e. The van der Waals surface area contributed by atoms with Crippen LogP contribution >= 0.6 is 0 Å². The zero-order valence-corrected chi connectivity index (χ0v) is 10.4. The van der Waals surface area contributed by atoms with E-state index >= 15 is 0 Å². The number of rotatable bonds is 4. The van der Waals surface area contributed by atoms with Gasteiger partial charge in [-0.15, -0.1) is 0 Å². The van der Waals surface area contributed by atoms with Crippen LogP contribution < -0.4 is 0 Å². The highest BCUT2D eigenvalue weighted by Gasteiger charge is 2.31. The molecule has 1 aliphatic carbocycles. The molecule has 0 amide bonds. The van der Waals surface area contributed by atoms with Crippen LogP contribution in [-0.2, 0) is 0 Å². The molecule has 1 aliphatic rings. The van der Waals surface area contributed by atoms with Crippen molar-refractivity contribution in [3.63, 3.8) is 0 Å². The van der Waals surface area contributed by atoms with Gasteiger partial charge in [-0.05, 0) is 29.9 Å². The van der Waals surface area contributed by atoms with Gasteiger partial charge in [0.05, 0.1) is 6.04 Å². The number of hydrogen-bond donors (Lipinski definition) is 0. The molecule has 1 atom stereocenters. The van der Waals surface area contributed by atoms with Gasteiger partial charge >= 0.3 is 0 Å². The summed E-state index contributed by atoms with van der Waals surface area (Å²) in [5.74, 6) is 0.743. The van der Waals surface area contributed by atoms with Crippen LogP contribution in [0.15, 0.2) is 65.7 Å². The average molecular weight is 235 g/mol. The van der Waals surface area contributed by atoms with Crippen molar-refractivity contribution in [1.82, 2.24) is 0 Å². The van der Waals surface area contributed by atoms with Crippen molar-refractivity contribution in [2.75, 3.05) is 0 Å². The minimum absolute atomic E-state index is 0.339. The summed E-state index contributed by atoms with van der Waals surface area (Å²) >= 11 is 0. The first-order valence-corrected chi connectivity index (χ1v) is 6.56. The van der Waals surface area contributed by atoms with Gasteiger partial charge in [-0.25, -0.2) is 0 Å². The Bertz CT molecular complexity index is 512. The summed E-state index contributed by atoms with van der Waals surface area (Å²) in [6, 6.07) is 21.3. The number of benzene rings is 2. The highest BCUT2D eigenvalue weighted by atomic mass is 14.8. The molecule has 1 fully saturated rings. The van der Waals surface area contributed by atoms with Crippen LogP contribution in [-0.4, -0.2) is 6.21 Å². The van der Waals surface area contributed by atoms with E-state index in [4.69, 9.17) is 4.99 Å². The molecular formula is C17H17N. The lowest BCUT2D eigenvalue weighted by Gasteiger charge is -2.11. The Morgan fingerprint density at radius 3 is 2.11 bits per heavy atom. The summed E-state index contributed by atoms with van der Waals surface area (Å²) in [6.45, 7) is 0. The first-order chi connectivity index (χ1) is 8.93. The molecule has 2 aromatic rings. The van der Waals surface area contributed by atoms with E-state index < -0.39 is 0 Å². The molecule has 0 heterocycles. The number of nitrogens with zero attached hydrogens (tertiary/aromatic N) is 1. The Morgan fingerprint density at radius 2 is 1.50 bits per heavy atom. The summed E-state index contributed by atoms with van der Waals surface area (Å²) < 4.78 is 0. The van der Waals surface area contributed by atoms with Crippen molar-refractivity contribution in [1.29, 1.82) is 0 Å². The largest absolute Gasteiger partial charge is 0.284 e. The van der Waals surface area contributed by atoms with Gasteiger partial charge < -0.3 is 0 Å². The maximum Gasteiger partial charge on any atom is 0.0777 e. The molecule has 90 valence electrons. The maximum atomic E-state index is 4.80. The lowest BCUT2D eigenvalue weighted by molar-refractivity contribution is 0.639. The molecule has 0 aromatic heterocycles. The van der Waals surface area contributed by atoms with E-state index in [0.717, 1.165) is 5.92 Å². The highest BCUT2D eigenvalue weighted by Crippen LogP contribution is 2.43. The van der Waals surface area contributed by atoms with Gasteiger partial charge in [-0.1, -0.05) is 60.7 Å². The number of aliphatic imine (C=N–C) groups is 1. The number of hydrogen-bond acceptors (Lipinski definition) is 1. The lowest BCUT2D eigenvalue weighted by Crippen LogP contribution is -1.98. The second-order valence-corrected chi connectivity index (χ2v) is 4.88. The Kier molecular flexibility index (Phi) is 3.22. The summed E-state index contributed by atoms with van der Waals surface area (Å²) in [5.41, 5.74) is 2.52. The van der Waals surface area contributed by atoms with E-state index in [0.29, 0.717) is 6.04 Å².